The molecule has 0 radical (unpaired) electrons. The van der Waals surface area contributed by atoms with E-state index in [2.05, 4.69) is 5.10 Å². The van der Waals surface area contributed by atoms with Crippen LogP contribution in [0.2, 0.25) is 0 Å². The van der Waals surface area contributed by atoms with E-state index in [1.54, 1.807) is 0 Å². The average molecular weight is 405 g/mol. The minimum atomic E-state index is -0.167. The van der Waals surface area contributed by atoms with E-state index >= 15 is 0 Å². The van der Waals surface area contributed by atoms with Crippen LogP contribution in [0.25, 0.3) is 0 Å². The monoisotopic (exact) mass is 405 g/mol. The van der Waals surface area contributed by atoms with E-state index in [1.807, 2.05) is 74.2 Å². The zero-order valence-electron chi connectivity index (χ0n) is 17.7. The first-order valence-electron chi connectivity index (χ1n) is 10.4. The Morgan fingerprint density at radius 1 is 1.07 bits per heavy atom. The SMILES string of the molecule is Cc1ccc(C)c(N2N=C(C(=O)N3CC(C)OC(c4ccccc4)C3)CCC2=O)c1. The van der Waals surface area contributed by atoms with Gasteiger partial charge in [0.15, 0.2) is 0 Å². The summed E-state index contributed by atoms with van der Waals surface area (Å²) < 4.78 is 6.08. The zero-order chi connectivity index (χ0) is 21.3. The summed E-state index contributed by atoms with van der Waals surface area (Å²) in [5.74, 6) is -0.202. The molecule has 1 fully saturated rings. The van der Waals surface area contributed by atoms with Gasteiger partial charge < -0.3 is 9.64 Å². The van der Waals surface area contributed by atoms with Gasteiger partial charge in [0.05, 0.1) is 18.3 Å². The maximum absolute atomic E-state index is 13.3. The molecule has 0 aliphatic carbocycles. The van der Waals surface area contributed by atoms with Crippen molar-refractivity contribution >= 4 is 23.2 Å². The fourth-order valence-electron chi connectivity index (χ4n) is 3.99. The molecule has 0 saturated carbocycles. The summed E-state index contributed by atoms with van der Waals surface area (Å²) in [5, 5.41) is 5.90. The lowest BCUT2D eigenvalue weighted by atomic mass is 10.0. The molecule has 0 spiro atoms. The Morgan fingerprint density at radius 3 is 2.60 bits per heavy atom. The second-order valence-electron chi connectivity index (χ2n) is 8.10. The number of hydrogen-bond acceptors (Lipinski definition) is 4. The molecule has 2 atom stereocenters. The van der Waals surface area contributed by atoms with Gasteiger partial charge in [-0.1, -0.05) is 42.5 Å². The number of carbonyl (C=O) groups is 2. The third-order valence-electron chi connectivity index (χ3n) is 5.59. The summed E-state index contributed by atoms with van der Waals surface area (Å²) in [6, 6.07) is 15.9. The van der Waals surface area contributed by atoms with Gasteiger partial charge in [-0.25, -0.2) is 5.01 Å². The molecule has 0 N–H and O–H groups in total. The second kappa shape index (κ2) is 8.40. The molecule has 4 rings (SSSR count). The molecule has 30 heavy (non-hydrogen) atoms. The van der Waals surface area contributed by atoms with E-state index in [1.165, 1.54) is 5.01 Å². The molecule has 6 nitrogen and oxygen atoms in total. The highest BCUT2D eigenvalue weighted by atomic mass is 16.5. The molecule has 2 aliphatic rings. The van der Waals surface area contributed by atoms with E-state index in [-0.39, 0.29) is 30.4 Å². The molecular weight excluding hydrogens is 378 g/mol. The van der Waals surface area contributed by atoms with Crippen LogP contribution in [0.5, 0.6) is 0 Å². The highest BCUT2D eigenvalue weighted by Gasteiger charge is 2.34. The number of nitrogens with zero attached hydrogens (tertiary/aromatic N) is 3. The number of carbonyl (C=O) groups excluding carboxylic acids is 2. The van der Waals surface area contributed by atoms with Crippen LogP contribution in [-0.4, -0.2) is 41.6 Å². The van der Waals surface area contributed by atoms with Gasteiger partial charge in [-0.3, -0.25) is 9.59 Å². The van der Waals surface area contributed by atoms with Crippen LogP contribution < -0.4 is 5.01 Å². The predicted molar refractivity (Wildman–Crippen MR) is 116 cm³/mol. The minimum absolute atomic E-state index is 0.0751. The van der Waals surface area contributed by atoms with Crippen LogP contribution in [0.1, 0.15) is 42.6 Å². The summed E-state index contributed by atoms with van der Waals surface area (Å²) in [5.41, 5.74) is 4.22. The fourth-order valence-corrected chi connectivity index (χ4v) is 3.99. The van der Waals surface area contributed by atoms with E-state index in [0.29, 0.717) is 25.2 Å². The molecule has 2 unspecified atom stereocenters. The van der Waals surface area contributed by atoms with Crippen molar-refractivity contribution in [3.05, 3.63) is 65.2 Å². The van der Waals surface area contributed by atoms with Crippen molar-refractivity contribution < 1.29 is 14.3 Å². The first-order valence-corrected chi connectivity index (χ1v) is 10.4. The normalized spacial score (nSPS) is 22.1. The number of rotatable bonds is 3. The predicted octanol–water partition coefficient (Wildman–Crippen LogP) is 3.77. The number of anilines is 1. The zero-order valence-corrected chi connectivity index (χ0v) is 17.7. The quantitative estimate of drug-likeness (QED) is 0.781. The van der Waals surface area contributed by atoms with Crippen LogP contribution in [0.3, 0.4) is 0 Å². The van der Waals surface area contributed by atoms with Crippen molar-refractivity contribution in [2.45, 2.75) is 45.8 Å². The Hall–Kier alpha value is -2.99. The molecule has 156 valence electrons. The second-order valence-corrected chi connectivity index (χ2v) is 8.10. The number of benzene rings is 2. The first-order chi connectivity index (χ1) is 14.4. The maximum Gasteiger partial charge on any atom is 0.270 e. The maximum atomic E-state index is 13.3. The Labute approximate surface area is 177 Å². The standard InChI is InChI=1S/C24H27N3O3/c1-16-9-10-17(2)21(13-16)27-23(28)12-11-20(25-27)24(29)26-14-18(3)30-22(15-26)19-7-5-4-6-8-19/h4-10,13,18,22H,11-12,14-15H2,1-3H3. The van der Waals surface area contributed by atoms with Gasteiger partial charge in [-0.2, -0.15) is 5.10 Å². The van der Waals surface area contributed by atoms with Gasteiger partial charge in [0.1, 0.15) is 11.8 Å². The number of aryl methyl sites for hydroxylation is 2. The first kappa shape index (κ1) is 20.3. The smallest absolute Gasteiger partial charge is 0.270 e. The van der Waals surface area contributed by atoms with Crippen LogP contribution in [0.15, 0.2) is 53.6 Å². The summed E-state index contributed by atoms with van der Waals surface area (Å²) in [7, 11) is 0. The third-order valence-corrected chi connectivity index (χ3v) is 5.59. The van der Waals surface area contributed by atoms with Gasteiger partial charge in [-0.15, -0.1) is 0 Å². The molecule has 2 aliphatic heterocycles. The van der Waals surface area contributed by atoms with Gasteiger partial charge >= 0.3 is 0 Å². The molecule has 0 bridgehead atoms. The highest BCUT2D eigenvalue weighted by molar-refractivity contribution is 6.40. The van der Waals surface area contributed by atoms with E-state index in [0.717, 1.165) is 22.4 Å². The van der Waals surface area contributed by atoms with E-state index in [4.69, 9.17) is 4.74 Å². The minimum Gasteiger partial charge on any atom is -0.367 e. The lowest BCUT2D eigenvalue weighted by Crippen LogP contribution is -2.49. The summed E-state index contributed by atoms with van der Waals surface area (Å²) in [6.45, 7) is 6.89. The fraction of sp³-hybridized carbons (Fsp3) is 0.375. The van der Waals surface area contributed by atoms with Crippen molar-refractivity contribution in [2.24, 2.45) is 5.10 Å². The Morgan fingerprint density at radius 2 is 1.83 bits per heavy atom. The largest absolute Gasteiger partial charge is 0.367 e. The lowest BCUT2D eigenvalue weighted by molar-refractivity contribution is -0.138. The molecule has 1 saturated heterocycles. The van der Waals surface area contributed by atoms with E-state index < -0.39 is 0 Å². The van der Waals surface area contributed by atoms with Crippen LogP contribution in [0, 0.1) is 13.8 Å². The third kappa shape index (κ3) is 4.14. The van der Waals surface area contributed by atoms with Crippen molar-refractivity contribution in [3.63, 3.8) is 0 Å². The Kier molecular flexibility index (Phi) is 5.68. The van der Waals surface area contributed by atoms with Crippen molar-refractivity contribution in [2.75, 3.05) is 18.1 Å². The molecule has 2 amide bonds. The average Bonchev–Trinajstić information content (AvgIpc) is 2.75. The summed E-state index contributed by atoms with van der Waals surface area (Å²) >= 11 is 0. The van der Waals surface area contributed by atoms with Crippen LogP contribution >= 0.6 is 0 Å². The van der Waals surface area contributed by atoms with Crippen molar-refractivity contribution in [3.8, 4) is 0 Å². The Bertz CT molecular complexity index is 986. The lowest BCUT2D eigenvalue weighted by Gasteiger charge is -2.37. The molecular formula is C24H27N3O3. The molecule has 0 aromatic heterocycles. The molecule has 2 heterocycles. The van der Waals surface area contributed by atoms with Gasteiger partial charge in [0.2, 0.25) is 5.91 Å². The highest BCUT2D eigenvalue weighted by Crippen LogP contribution is 2.28. The number of morpholine rings is 1. The Balaban J connectivity index is 1.58. The topological polar surface area (TPSA) is 62.2 Å². The summed E-state index contributed by atoms with van der Waals surface area (Å²) in [6.07, 6.45) is 0.398. The van der Waals surface area contributed by atoms with Crippen LogP contribution in [0.4, 0.5) is 5.69 Å². The number of hydrazone groups is 1. The number of hydrogen-bond donors (Lipinski definition) is 0. The molecule has 2 aromatic carbocycles. The number of amides is 2. The van der Waals surface area contributed by atoms with Gasteiger partial charge in [0.25, 0.3) is 5.91 Å². The molecule has 6 heteroatoms. The van der Waals surface area contributed by atoms with Crippen LogP contribution in [-0.2, 0) is 14.3 Å². The van der Waals surface area contributed by atoms with Crippen molar-refractivity contribution in [1.29, 1.82) is 0 Å². The van der Waals surface area contributed by atoms with Crippen molar-refractivity contribution in [1.82, 2.24) is 4.90 Å². The summed E-state index contributed by atoms with van der Waals surface area (Å²) in [4.78, 5) is 27.7. The van der Waals surface area contributed by atoms with Gasteiger partial charge in [0, 0.05) is 19.4 Å². The van der Waals surface area contributed by atoms with Gasteiger partial charge in [-0.05, 0) is 43.5 Å². The van der Waals surface area contributed by atoms with E-state index in [9.17, 15) is 9.59 Å². The molecule has 2 aromatic rings. The number of ether oxygens (including phenoxy) is 1.